The van der Waals surface area contributed by atoms with Gasteiger partial charge in [0.15, 0.2) is 0 Å². The summed E-state index contributed by atoms with van der Waals surface area (Å²) in [5.74, 6) is 0.00572. The van der Waals surface area contributed by atoms with Gasteiger partial charge in [-0.25, -0.2) is 0 Å². The van der Waals surface area contributed by atoms with Crippen LogP contribution in [-0.2, 0) is 4.79 Å². The molecule has 1 aromatic rings. The summed E-state index contributed by atoms with van der Waals surface area (Å²) in [4.78, 5) is 10.4. The average Bonchev–Trinajstić information content (AvgIpc) is 3.38. The molecule has 23 heavy (non-hydrogen) atoms. The number of carboxylic acids is 1. The molecule has 5 heteroatoms. The zero-order chi connectivity index (χ0) is 17.2. The summed E-state index contributed by atoms with van der Waals surface area (Å²) < 4.78 is 13.6. The van der Waals surface area contributed by atoms with Gasteiger partial charge in [0.05, 0.1) is 7.95 Å². The predicted molar refractivity (Wildman–Crippen MR) is 88.7 cm³/mol. The van der Waals surface area contributed by atoms with Crippen LogP contribution in [0, 0.1) is 0 Å². The molecular weight excluding hydrogens is 292 g/mol. The fourth-order valence-corrected chi connectivity index (χ4v) is 2.46. The van der Waals surface area contributed by atoms with Gasteiger partial charge in [0, 0.05) is 12.0 Å². The zero-order valence-electron chi connectivity index (χ0n) is 14.5. The fraction of sp³-hybridized carbons (Fsp3) is 0.611. The second kappa shape index (κ2) is 9.98. The lowest BCUT2D eigenvalue weighted by Crippen LogP contribution is -1.97. The molecule has 5 nitrogen and oxygen atoms in total. The Bertz CT molecular complexity index is 545. The minimum atomic E-state index is -0.706. The van der Waals surface area contributed by atoms with Crippen molar-refractivity contribution in [2.75, 3.05) is 6.58 Å². The molecule has 0 radical (unpaired) electrons. The highest BCUT2D eigenvalue weighted by molar-refractivity contribution is 5.66. The van der Waals surface area contributed by atoms with E-state index in [1.165, 1.54) is 0 Å². The first-order valence-electron chi connectivity index (χ1n) is 9.03. The van der Waals surface area contributed by atoms with Gasteiger partial charge >= 0.3 is 5.97 Å². The van der Waals surface area contributed by atoms with Crippen molar-refractivity contribution in [3.63, 3.8) is 0 Å². The van der Waals surface area contributed by atoms with E-state index in [0.29, 0.717) is 5.75 Å². The van der Waals surface area contributed by atoms with Crippen LogP contribution >= 0.6 is 0 Å². The summed E-state index contributed by atoms with van der Waals surface area (Å²) in [5.41, 5.74) is 1.02. The minimum Gasteiger partial charge on any atom is -0.494 e. The summed E-state index contributed by atoms with van der Waals surface area (Å²) in [6, 6.07) is 7.64. The van der Waals surface area contributed by atoms with Crippen molar-refractivity contribution in [3.05, 3.63) is 29.8 Å². The minimum absolute atomic E-state index is 0.0340. The Labute approximate surface area is 139 Å². The van der Waals surface area contributed by atoms with Crippen LogP contribution < -0.4 is 4.74 Å². The Morgan fingerprint density at radius 3 is 2.39 bits per heavy atom. The van der Waals surface area contributed by atoms with E-state index in [-0.39, 0.29) is 12.6 Å². The number of hydrogen-bond donors (Lipinski definition) is 1. The van der Waals surface area contributed by atoms with E-state index in [9.17, 15) is 4.79 Å². The van der Waals surface area contributed by atoms with E-state index >= 15 is 0 Å². The van der Waals surface area contributed by atoms with Crippen LogP contribution in [-0.4, -0.2) is 17.7 Å². The van der Waals surface area contributed by atoms with Crippen molar-refractivity contribution in [2.45, 2.75) is 64.0 Å². The third-order valence-corrected chi connectivity index (χ3v) is 3.82. The van der Waals surface area contributed by atoms with Crippen LogP contribution in [0.1, 0.15) is 70.9 Å². The highest BCUT2D eigenvalue weighted by Gasteiger charge is 2.18. The van der Waals surface area contributed by atoms with Gasteiger partial charge < -0.3 is 9.84 Å². The van der Waals surface area contributed by atoms with Gasteiger partial charge in [-0.1, -0.05) is 50.7 Å². The molecule has 1 atom stereocenters. The molecule has 126 valence electrons. The number of hydrogen-bond acceptors (Lipinski definition) is 4. The number of nitrogens with zero attached hydrogens (tertiary/aromatic N) is 2. The van der Waals surface area contributed by atoms with Crippen molar-refractivity contribution < 1.29 is 16.0 Å². The van der Waals surface area contributed by atoms with Crippen molar-refractivity contribution in [3.8, 4) is 5.75 Å². The maximum Gasteiger partial charge on any atom is 0.303 e. The monoisotopic (exact) mass is 320 g/mol. The van der Waals surface area contributed by atoms with E-state index in [4.69, 9.17) is 11.2 Å². The van der Waals surface area contributed by atoms with Crippen molar-refractivity contribution in [2.24, 2.45) is 10.2 Å². The normalized spacial score (nSPS) is 15.2. The van der Waals surface area contributed by atoms with E-state index < -0.39 is 12.6 Å². The number of aliphatic carboxylic acids is 1. The van der Waals surface area contributed by atoms with Gasteiger partial charge in [-0.2, -0.15) is 10.2 Å². The standard InChI is InChI=1S/C18H26N2O3/c21-17(22)12-7-5-3-1-2-4-6-8-13-23-16-11-9-10-15(14-16)18-19-20-18/h9-11,14,18H,1-8,12-13H2,(H,21,22)/i13T. The molecule has 0 fully saturated rings. The average molecular weight is 320 g/mol. The van der Waals surface area contributed by atoms with Gasteiger partial charge in [-0.05, 0) is 25.0 Å². The highest BCUT2D eigenvalue weighted by atomic mass is 16.5. The summed E-state index contributed by atoms with van der Waals surface area (Å²) in [6.45, 7) is -0.538. The lowest BCUT2D eigenvalue weighted by Gasteiger charge is -2.07. The first-order valence-corrected chi connectivity index (χ1v) is 8.46. The van der Waals surface area contributed by atoms with E-state index in [1.807, 2.05) is 24.3 Å². The Hall–Kier alpha value is -1.91. The molecule has 0 spiro atoms. The Morgan fingerprint density at radius 2 is 1.74 bits per heavy atom. The molecular formula is C18H26N2O3. The van der Waals surface area contributed by atoms with Gasteiger partial charge in [-0.15, -0.1) is 0 Å². The molecule has 0 aliphatic carbocycles. The fourth-order valence-electron chi connectivity index (χ4n) is 2.46. The van der Waals surface area contributed by atoms with Crippen LogP contribution in [0.15, 0.2) is 34.5 Å². The van der Waals surface area contributed by atoms with Crippen LogP contribution in [0.4, 0.5) is 0 Å². The number of rotatable bonds is 13. The Morgan fingerprint density at radius 1 is 1.09 bits per heavy atom. The maximum absolute atomic E-state index is 10.4. The SMILES string of the molecule is [3H]C(CCCCCCCCCC(=O)O)Oc1cccc(C2N=N2)c1. The van der Waals surface area contributed by atoms with Crippen LogP contribution in [0.25, 0.3) is 0 Å². The van der Waals surface area contributed by atoms with Crippen LogP contribution in [0.2, 0.25) is 0 Å². The lowest BCUT2D eigenvalue weighted by molar-refractivity contribution is -0.137. The third kappa shape index (κ3) is 7.77. The smallest absolute Gasteiger partial charge is 0.303 e. The molecule has 1 aliphatic rings. The summed E-state index contributed by atoms with van der Waals surface area (Å²) in [6.07, 6.45) is 8.19. The van der Waals surface area contributed by atoms with Crippen LogP contribution in [0.3, 0.4) is 0 Å². The van der Waals surface area contributed by atoms with Crippen LogP contribution in [0.5, 0.6) is 5.75 Å². The maximum atomic E-state index is 10.4. The molecule has 1 heterocycles. The van der Waals surface area contributed by atoms with E-state index in [1.54, 1.807) is 0 Å². The number of carboxylic acid groups (broad SMARTS) is 1. The second-order valence-electron chi connectivity index (χ2n) is 5.87. The number of unbranched alkanes of at least 4 members (excludes halogenated alkanes) is 6. The van der Waals surface area contributed by atoms with Gasteiger partial charge in [0.2, 0.25) is 6.17 Å². The zero-order valence-corrected chi connectivity index (χ0v) is 13.5. The van der Waals surface area contributed by atoms with E-state index in [0.717, 1.165) is 56.9 Å². The number of benzene rings is 1. The quantitative estimate of drug-likeness (QED) is 0.512. The summed E-state index contributed by atoms with van der Waals surface area (Å²) in [5, 5.41) is 16.3. The molecule has 0 bridgehead atoms. The third-order valence-electron chi connectivity index (χ3n) is 3.82. The van der Waals surface area contributed by atoms with E-state index in [2.05, 4.69) is 10.2 Å². The molecule has 1 aliphatic heterocycles. The molecule has 1 unspecified atom stereocenters. The first-order chi connectivity index (χ1) is 11.6. The van der Waals surface area contributed by atoms with Gasteiger partial charge in [0.1, 0.15) is 5.75 Å². The topological polar surface area (TPSA) is 71.2 Å². The lowest BCUT2D eigenvalue weighted by atomic mass is 10.1. The van der Waals surface area contributed by atoms with Crippen molar-refractivity contribution >= 4 is 5.97 Å². The molecule has 0 aromatic heterocycles. The molecule has 1 aromatic carbocycles. The van der Waals surface area contributed by atoms with Crippen molar-refractivity contribution in [1.82, 2.24) is 0 Å². The van der Waals surface area contributed by atoms with Crippen molar-refractivity contribution in [1.29, 1.82) is 0 Å². The molecule has 0 saturated heterocycles. The molecule has 2 rings (SSSR count). The predicted octanol–water partition coefficient (Wildman–Crippen LogP) is 5.13. The Balaban J connectivity index is 1.48. The first kappa shape index (κ1) is 16.0. The molecule has 0 saturated carbocycles. The summed E-state index contributed by atoms with van der Waals surface area (Å²) in [7, 11) is 0. The molecule has 0 amide bonds. The van der Waals surface area contributed by atoms with Gasteiger partial charge in [0.25, 0.3) is 0 Å². The Kier molecular flexibility index (Phi) is 6.93. The highest BCUT2D eigenvalue weighted by Crippen LogP contribution is 2.32. The number of ether oxygens (including phenoxy) is 1. The largest absolute Gasteiger partial charge is 0.494 e. The number of carbonyl (C=O) groups is 1. The summed E-state index contributed by atoms with van der Waals surface area (Å²) >= 11 is 0. The second-order valence-corrected chi connectivity index (χ2v) is 5.87. The molecule has 1 N–H and O–H groups in total. The van der Waals surface area contributed by atoms with Gasteiger partial charge in [-0.3, -0.25) is 4.79 Å².